The first-order valence-electron chi connectivity index (χ1n) is 6.18. The molecule has 0 aliphatic heterocycles. The molecule has 102 valence electrons. The minimum atomic E-state index is 0.122. The van der Waals surface area contributed by atoms with Gasteiger partial charge in [0.2, 0.25) is 0 Å². The second-order valence-corrected chi connectivity index (χ2v) is 5.01. The summed E-state index contributed by atoms with van der Waals surface area (Å²) in [5.41, 5.74) is 8.78. The average Bonchev–Trinajstić information content (AvgIpc) is 2.38. The van der Waals surface area contributed by atoms with E-state index in [4.69, 9.17) is 27.2 Å². The standard InChI is InChI=1S/C14H22ClNO2/c1-9-6-13(18-3)12(10(2)14(9)15)5-4-11(7-16)8-17/h6,11,17H,4-5,7-8,16H2,1-3H3. The average molecular weight is 272 g/mol. The number of hydrogen-bond donors (Lipinski definition) is 2. The molecule has 1 aromatic rings. The van der Waals surface area contributed by atoms with Crippen LogP contribution in [0.5, 0.6) is 5.75 Å². The van der Waals surface area contributed by atoms with E-state index in [1.165, 1.54) is 0 Å². The number of halogens is 1. The van der Waals surface area contributed by atoms with E-state index in [0.717, 1.165) is 40.3 Å². The molecule has 0 fully saturated rings. The number of hydrogen-bond acceptors (Lipinski definition) is 3. The Labute approximate surface area is 114 Å². The molecule has 1 unspecified atom stereocenters. The second-order valence-electron chi connectivity index (χ2n) is 4.64. The predicted molar refractivity (Wildman–Crippen MR) is 75.4 cm³/mol. The lowest BCUT2D eigenvalue weighted by atomic mass is 9.95. The van der Waals surface area contributed by atoms with Crippen LogP contribution in [0.1, 0.15) is 23.1 Å². The fourth-order valence-electron chi connectivity index (χ4n) is 2.09. The first kappa shape index (κ1) is 15.3. The Kier molecular flexibility index (Phi) is 5.93. The third kappa shape index (κ3) is 3.37. The van der Waals surface area contributed by atoms with Gasteiger partial charge >= 0.3 is 0 Å². The van der Waals surface area contributed by atoms with E-state index in [2.05, 4.69) is 0 Å². The molecule has 1 rings (SSSR count). The number of aliphatic hydroxyl groups excluding tert-OH is 1. The van der Waals surface area contributed by atoms with Crippen molar-refractivity contribution < 1.29 is 9.84 Å². The minimum Gasteiger partial charge on any atom is -0.496 e. The molecule has 3 nitrogen and oxygen atoms in total. The molecule has 0 amide bonds. The Morgan fingerprint density at radius 3 is 2.61 bits per heavy atom. The molecule has 0 aliphatic carbocycles. The van der Waals surface area contributed by atoms with Crippen molar-refractivity contribution in [1.82, 2.24) is 0 Å². The molecule has 0 aliphatic rings. The summed E-state index contributed by atoms with van der Waals surface area (Å²) in [6.07, 6.45) is 1.65. The van der Waals surface area contributed by atoms with Gasteiger partial charge in [0.15, 0.2) is 0 Å². The van der Waals surface area contributed by atoms with Gasteiger partial charge in [-0.1, -0.05) is 11.6 Å². The highest BCUT2D eigenvalue weighted by atomic mass is 35.5. The summed E-state index contributed by atoms with van der Waals surface area (Å²) in [6.45, 7) is 4.59. The van der Waals surface area contributed by atoms with Crippen LogP contribution in [0.3, 0.4) is 0 Å². The maximum atomic E-state index is 9.16. The van der Waals surface area contributed by atoms with Crippen molar-refractivity contribution in [3.63, 3.8) is 0 Å². The van der Waals surface area contributed by atoms with Gasteiger partial charge in [-0.2, -0.15) is 0 Å². The fourth-order valence-corrected chi connectivity index (χ4v) is 2.25. The van der Waals surface area contributed by atoms with Crippen molar-refractivity contribution in [2.24, 2.45) is 11.7 Å². The van der Waals surface area contributed by atoms with E-state index in [9.17, 15) is 0 Å². The van der Waals surface area contributed by atoms with Crippen molar-refractivity contribution in [2.45, 2.75) is 26.7 Å². The van der Waals surface area contributed by atoms with Gasteiger partial charge in [-0.25, -0.2) is 0 Å². The zero-order chi connectivity index (χ0) is 13.7. The third-order valence-corrected chi connectivity index (χ3v) is 3.97. The Morgan fingerprint density at radius 2 is 2.11 bits per heavy atom. The van der Waals surface area contributed by atoms with Crippen LogP contribution in [0, 0.1) is 19.8 Å². The van der Waals surface area contributed by atoms with Gasteiger partial charge in [0, 0.05) is 11.6 Å². The molecule has 0 bridgehead atoms. The van der Waals surface area contributed by atoms with E-state index < -0.39 is 0 Å². The van der Waals surface area contributed by atoms with Crippen molar-refractivity contribution in [3.8, 4) is 5.75 Å². The number of methoxy groups -OCH3 is 1. The van der Waals surface area contributed by atoms with E-state index in [1.807, 2.05) is 19.9 Å². The molecule has 0 saturated carbocycles. The molecule has 18 heavy (non-hydrogen) atoms. The van der Waals surface area contributed by atoms with Crippen LogP contribution in [-0.4, -0.2) is 25.4 Å². The molecule has 1 aromatic carbocycles. The van der Waals surface area contributed by atoms with Crippen LogP contribution in [0.25, 0.3) is 0 Å². The number of aryl methyl sites for hydroxylation is 1. The molecule has 0 aromatic heterocycles. The molecule has 0 radical (unpaired) electrons. The Morgan fingerprint density at radius 1 is 1.44 bits per heavy atom. The maximum absolute atomic E-state index is 9.16. The number of aliphatic hydroxyl groups is 1. The van der Waals surface area contributed by atoms with Crippen LogP contribution >= 0.6 is 11.6 Å². The predicted octanol–water partition coefficient (Wildman–Crippen LogP) is 2.47. The van der Waals surface area contributed by atoms with E-state index >= 15 is 0 Å². The first-order chi connectivity index (χ1) is 8.54. The maximum Gasteiger partial charge on any atom is 0.122 e. The molecule has 4 heteroatoms. The molecule has 3 N–H and O–H groups in total. The van der Waals surface area contributed by atoms with E-state index in [0.29, 0.717) is 6.54 Å². The quantitative estimate of drug-likeness (QED) is 0.836. The molecular formula is C14H22ClNO2. The smallest absolute Gasteiger partial charge is 0.122 e. The van der Waals surface area contributed by atoms with Gasteiger partial charge < -0.3 is 15.6 Å². The van der Waals surface area contributed by atoms with Crippen molar-refractivity contribution >= 4 is 11.6 Å². The highest BCUT2D eigenvalue weighted by Crippen LogP contribution is 2.32. The van der Waals surface area contributed by atoms with Crippen LogP contribution in [0.2, 0.25) is 5.02 Å². The molecule has 0 heterocycles. The Bertz CT molecular complexity index is 403. The van der Waals surface area contributed by atoms with Crippen molar-refractivity contribution in [2.75, 3.05) is 20.3 Å². The number of nitrogens with two attached hydrogens (primary N) is 1. The van der Waals surface area contributed by atoms with Crippen LogP contribution in [0.15, 0.2) is 6.07 Å². The SMILES string of the molecule is COc1cc(C)c(Cl)c(C)c1CCC(CN)CO. The van der Waals surface area contributed by atoms with Crippen LogP contribution in [0.4, 0.5) is 0 Å². The summed E-state index contributed by atoms with van der Waals surface area (Å²) in [5, 5.41) is 9.95. The summed E-state index contributed by atoms with van der Waals surface area (Å²) in [6, 6.07) is 1.96. The van der Waals surface area contributed by atoms with E-state index in [-0.39, 0.29) is 12.5 Å². The monoisotopic (exact) mass is 271 g/mol. The fraction of sp³-hybridized carbons (Fsp3) is 0.571. The van der Waals surface area contributed by atoms with Crippen molar-refractivity contribution in [1.29, 1.82) is 0 Å². The molecule has 0 saturated heterocycles. The Balaban J connectivity index is 2.96. The summed E-state index contributed by atoms with van der Waals surface area (Å²) in [4.78, 5) is 0. The topological polar surface area (TPSA) is 55.5 Å². The largest absolute Gasteiger partial charge is 0.496 e. The first-order valence-corrected chi connectivity index (χ1v) is 6.56. The summed E-state index contributed by atoms with van der Waals surface area (Å²) >= 11 is 6.27. The van der Waals surface area contributed by atoms with E-state index in [1.54, 1.807) is 7.11 Å². The van der Waals surface area contributed by atoms with Gasteiger partial charge in [0.1, 0.15) is 5.75 Å². The Hall–Kier alpha value is -0.770. The number of ether oxygens (including phenoxy) is 1. The summed E-state index contributed by atoms with van der Waals surface area (Å²) in [5.74, 6) is 0.997. The van der Waals surface area contributed by atoms with Gasteiger partial charge in [0.25, 0.3) is 0 Å². The number of rotatable bonds is 6. The van der Waals surface area contributed by atoms with Gasteiger partial charge in [0.05, 0.1) is 7.11 Å². The molecule has 0 spiro atoms. The van der Waals surface area contributed by atoms with Gasteiger partial charge in [-0.05, 0) is 61.9 Å². The highest BCUT2D eigenvalue weighted by molar-refractivity contribution is 6.32. The third-order valence-electron chi connectivity index (χ3n) is 3.39. The molecular weight excluding hydrogens is 250 g/mol. The van der Waals surface area contributed by atoms with Gasteiger partial charge in [-0.15, -0.1) is 0 Å². The van der Waals surface area contributed by atoms with Crippen molar-refractivity contribution in [3.05, 3.63) is 27.8 Å². The summed E-state index contributed by atoms with van der Waals surface area (Å²) in [7, 11) is 1.66. The van der Waals surface area contributed by atoms with Crippen LogP contribution in [-0.2, 0) is 6.42 Å². The lowest BCUT2D eigenvalue weighted by Crippen LogP contribution is -2.19. The second kappa shape index (κ2) is 6.98. The number of benzene rings is 1. The minimum absolute atomic E-state index is 0.122. The zero-order valence-corrected chi connectivity index (χ0v) is 12.0. The summed E-state index contributed by atoms with van der Waals surface area (Å²) < 4.78 is 5.41. The molecule has 1 atom stereocenters. The normalized spacial score (nSPS) is 12.6. The lowest BCUT2D eigenvalue weighted by molar-refractivity contribution is 0.222. The zero-order valence-electron chi connectivity index (χ0n) is 11.3. The van der Waals surface area contributed by atoms with Crippen LogP contribution < -0.4 is 10.5 Å². The lowest BCUT2D eigenvalue weighted by Gasteiger charge is -2.17. The van der Waals surface area contributed by atoms with Gasteiger partial charge in [-0.3, -0.25) is 0 Å². The highest BCUT2D eigenvalue weighted by Gasteiger charge is 2.14.